The summed E-state index contributed by atoms with van der Waals surface area (Å²) in [4.78, 5) is 15.1. The van der Waals surface area contributed by atoms with E-state index < -0.39 is 12.0 Å². The summed E-state index contributed by atoms with van der Waals surface area (Å²) in [5.74, 6) is -0.916. The molecule has 2 atom stereocenters. The predicted molar refractivity (Wildman–Crippen MR) is 141 cm³/mol. The van der Waals surface area contributed by atoms with Crippen LogP contribution in [0.5, 0.6) is 0 Å². The van der Waals surface area contributed by atoms with Crippen LogP contribution in [0.2, 0.25) is 0 Å². The van der Waals surface area contributed by atoms with Crippen LogP contribution in [0.25, 0.3) is 0 Å². The number of carboxylic acid groups (broad SMARTS) is 1. The summed E-state index contributed by atoms with van der Waals surface area (Å²) in [6.45, 7) is 2.04. The Morgan fingerprint density at radius 1 is 0.771 bits per heavy atom. The van der Waals surface area contributed by atoms with Crippen molar-refractivity contribution in [1.29, 1.82) is 0 Å². The van der Waals surface area contributed by atoms with Crippen molar-refractivity contribution >= 4 is 17.3 Å². The topological polar surface area (TPSA) is 52.6 Å². The first-order valence-electron chi connectivity index (χ1n) is 11.8. The number of nitrogens with zero attached hydrogens (tertiary/aromatic N) is 1. The summed E-state index contributed by atoms with van der Waals surface area (Å²) in [5, 5.41) is 14.0. The molecule has 0 spiro atoms. The van der Waals surface area contributed by atoms with Crippen LogP contribution in [0.15, 0.2) is 127 Å². The lowest BCUT2D eigenvalue weighted by Crippen LogP contribution is -2.41. The third-order valence-corrected chi connectivity index (χ3v) is 6.54. The van der Waals surface area contributed by atoms with Gasteiger partial charge in [-0.05, 0) is 42.3 Å². The molecule has 35 heavy (non-hydrogen) atoms. The molecule has 5 rings (SSSR count). The summed E-state index contributed by atoms with van der Waals surface area (Å²) < 4.78 is 0. The molecule has 4 nitrogen and oxygen atoms in total. The van der Waals surface area contributed by atoms with Gasteiger partial charge in [-0.25, -0.2) is 4.79 Å². The molecule has 2 unspecified atom stereocenters. The number of aliphatic carboxylic acids is 1. The maximum absolute atomic E-state index is 12.9. The fraction of sp³-hybridized carbons (Fsp3) is 0.129. The molecule has 0 saturated heterocycles. The number of aryl methyl sites for hydroxylation is 1. The van der Waals surface area contributed by atoms with Gasteiger partial charge in [0.05, 0.1) is 17.7 Å². The van der Waals surface area contributed by atoms with E-state index in [0.717, 1.165) is 33.8 Å². The average molecular weight is 461 g/mol. The van der Waals surface area contributed by atoms with E-state index in [9.17, 15) is 9.90 Å². The monoisotopic (exact) mass is 460 g/mol. The summed E-state index contributed by atoms with van der Waals surface area (Å²) in [6.07, 6.45) is 0.539. The minimum atomic E-state index is -0.916. The highest BCUT2D eigenvalue weighted by molar-refractivity contribution is 5.92. The van der Waals surface area contributed by atoms with Gasteiger partial charge in [-0.2, -0.15) is 0 Å². The maximum atomic E-state index is 12.9. The SMILES string of the molecule is Cc1ccc(NC2=C(C(=O)O)C(c3ccccc3)N(c3ccccc3)C(c3ccccc3)C2)cc1. The van der Waals surface area contributed by atoms with Gasteiger partial charge in [0, 0.05) is 23.5 Å². The van der Waals surface area contributed by atoms with Crippen LogP contribution in [0.1, 0.15) is 35.2 Å². The zero-order valence-corrected chi connectivity index (χ0v) is 19.6. The van der Waals surface area contributed by atoms with Gasteiger partial charge >= 0.3 is 5.97 Å². The van der Waals surface area contributed by atoms with Crippen molar-refractivity contribution < 1.29 is 9.90 Å². The molecule has 2 N–H and O–H groups in total. The molecule has 0 bridgehead atoms. The first kappa shape index (κ1) is 22.5. The minimum Gasteiger partial charge on any atom is -0.478 e. The van der Waals surface area contributed by atoms with E-state index in [2.05, 4.69) is 34.5 Å². The number of para-hydroxylation sites is 1. The van der Waals surface area contributed by atoms with Crippen molar-refractivity contribution in [2.75, 3.05) is 10.2 Å². The third-order valence-electron chi connectivity index (χ3n) is 6.54. The van der Waals surface area contributed by atoms with Crippen LogP contribution in [0.4, 0.5) is 11.4 Å². The van der Waals surface area contributed by atoms with Crippen molar-refractivity contribution in [1.82, 2.24) is 0 Å². The van der Waals surface area contributed by atoms with Crippen LogP contribution < -0.4 is 10.2 Å². The Labute approximate surface area is 206 Å². The third kappa shape index (κ3) is 4.69. The highest BCUT2D eigenvalue weighted by Gasteiger charge is 2.41. The van der Waals surface area contributed by atoms with Crippen LogP contribution in [0, 0.1) is 6.92 Å². The normalized spacial score (nSPS) is 17.8. The number of hydrogen-bond donors (Lipinski definition) is 2. The Bertz CT molecular complexity index is 1320. The predicted octanol–water partition coefficient (Wildman–Crippen LogP) is 7.14. The fourth-order valence-corrected chi connectivity index (χ4v) is 4.91. The first-order chi connectivity index (χ1) is 17.1. The molecule has 0 saturated carbocycles. The first-order valence-corrected chi connectivity index (χ1v) is 11.8. The average Bonchev–Trinajstić information content (AvgIpc) is 2.90. The number of carbonyl (C=O) groups is 1. The lowest BCUT2D eigenvalue weighted by molar-refractivity contribution is -0.133. The Morgan fingerprint density at radius 2 is 1.31 bits per heavy atom. The Morgan fingerprint density at radius 3 is 1.89 bits per heavy atom. The lowest BCUT2D eigenvalue weighted by Gasteiger charge is -2.45. The zero-order chi connectivity index (χ0) is 24.2. The largest absolute Gasteiger partial charge is 0.478 e. The second-order valence-electron chi connectivity index (χ2n) is 8.88. The van der Waals surface area contributed by atoms with Gasteiger partial charge in [-0.3, -0.25) is 0 Å². The highest BCUT2D eigenvalue weighted by Crippen LogP contribution is 2.47. The molecule has 4 aromatic rings. The van der Waals surface area contributed by atoms with E-state index in [0.29, 0.717) is 12.0 Å². The molecule has 1 heterocycles. The number of nitrogens with one attached hydrogen (secondary N) is 1. The maximum Gasteiger partial charge on any atom is 0.335 e. The molecule has 174 valence electrons. The number of benzene rings is 4. The highest BCUT2D eigenvalue weighted by atomic mass is 16.4. The van der Waals surface area contributed by atoms with Crippen LogP contribution in [-0.4, -0.2) is 11.1 Å². The molecule has 0 radical (unpaired) electrons. The number of anilines is 2. The van der Waals surface area contributed by atoms with Gasteiger partial charge in [0.2, 0.25) is 0 Å². The van der Waals surface area contributed by atoms with Crippen molar-refractivity contribution in [3.63, 3.8) is 0 Å². The smallest absolute Gasteiger partial charge is 0.335 e. The van der Waals surface area contributed by atoms with Gasteiger partial charge in [0.1, 0.15) is 0 Å². The second-order valence-corrected chi connectivity index (χ2v) is 8.88. The van der Waals surface area contributed by atoms with E-state index in [1.807, 2.05) is 97.9 Å². The van der Waals surface area contributed by atoms with Crippen molar-refractivity contribution in [2.24, 2.45) is 0 Å². The molecule has 0 aliphatic carbocycles. The van der Waals surface area contributed by atoms with Crippen LogP contribution in [0.3, 0.4) is 0 Å². The van der Waals surface area contributed by atoms with Gasteiger partial charge in [-0.1, -0.05) is 96.6 Å². The Hall–Kier alpha value is -4.31. The molecule has 0 amide bonds. The fourth-order valence-electron chi connectivity index (χ4n) is 4.91. The quantitative estimate of drug-likeness (QED) is 0.321. The van der Waals surface area contributed by atoms with E-state index in [4.69, 9.17) is 0 Å². The number of rotatable bonds is 6. The van der Waals surface area contributed by atoms with Gasteiger partial charge in [0.15, 0.2) is 0 Å². The van der Waals surface area contributed by atoms with Crippen molar-refractivity contribution in [3.8, 4) is 0 Å². The standard InChI is InChI=1S/C31H28N2O2/c1-22-17-19-25(20-18-22)32-27-21-28(23-11-5-2-6-12-23)33(26-15-9-4-10-16-26)30(29(27)31(34)35)24-13-7-3-8-14-24/h2-20,28,30,32H,21H2,1H3,(H,34,35). The summed E-state index contributed by atoms with van der Waals surface area (Å²) in [7, 11) is 0. The molecular formula is C31H28N2O2. The summed E-state index contributed by atoms with van der Waals surface area (Å²) in [5.41, 5.74) is 6.22. The Kier molecular flexibility index (Phi) is 6.36. The molecule has 4 aromatic carbocycles. The molecule has 4 heteroatoms. The summed E-state index contributed by atoms with van der Waals surface area (Å²) >= 11 is 0. The zero-order valence-electron chi connectivity index (χ0n) is 19.6. The summed E-state index contributed by atoms with van der Waals surface area (Å²) in [6, 6.07) is 37.9. The van der Waals surface area contributed by atoms with E-state index >= 15 is 0 Å². The number of hydrogen-bond acceptors (Lipinski definition) is 3. The van der Waals surface area contributed by atoms with E-state index in [1.165, 1.54) is 0 Å². The van der Waals surface area contributed by atoms with Crippen LogP contribution in [-0.2, 0) is 4.79 Å². The second kappa shape index (κ2) is 9.90. The minimum absolute atomic E-state index is 0.0557. The van der Waals surface area contributed by atoms with Crippen LogP contribution >= 0.6 is 0 Å². The van der Waals surface area contributed by atoms with Gasteiger partial charge in [0.25, 0.3) is 0 Å². The molecule has 0 aromatic heterocycles. The van der Waals surface area contributed by atoms with E-state index in [-0.39, 0.29) is 6.04 Å². The Balaban J connectivity index is 1.74. The molecule has 1 aliphatic heterocycles. The van der Waals surface area contributed by atoms with Gasteiger partial charge in [-0.15, -0.1) is 0 Å². The number of carboxylic acids is 1. The molecule has 1 aliphatic rings. The van der Waals surface area contributed by atoms with Crippen molar-refractivity contribution in [3.05, 3.63) is 143 Å². The van der Waals surface area contributed by atoms with Crippen molar-refractivity contribution in [2.45, 2.75) is 25.4 Å². The van der Waals surface area contributed by atoms with E-state index in [1.54, 1.807) is 0 Å². The molecular weight excluding hydrogens is 432 g/mol. The molecule has 0 fully saturated rings. The lowest BCUT2D eigenvalue weighted by atomic mass is 9.84. The van der Waals surface area contributed by atoms with Gasteiger partial charge < -0.3 is 15.3 Å².